The Morgan fingerprint density at radius 2 is 2.12 bits per heavy atom. The lowest BCUT2D eigenvalue weighted by atomic mass is 10.1. The average Bonchev–Trinajstić information content (AvgIpc) is 2.60. The molecule has 1 aliphatic heterocycles. The number of hydrogen-bond acceptors (Lipinski definition) is 4. The number of morpholine rings is 1. The lowest BCUT2D eigenvalue weighted by Crippen LogP contribution is -2.37. The summed E-state index contributed by atoms with van der Waals surface area (Å²) < 4.78 is 11.5. The minimum absolute atomic E-state index is 0.119. The molecule has 134 valence electrons. The highest BCUT2D eigenvalue weighted by atomic mass is 79.9. The van der Waals surface area contributed by atoms with Gasteiger partial charge in [0, 0.05) is 26.1 Å². The highest BCUT2D eigenvalue weighted by Crippen LogP contribution is 2.25. The second-order valence-electron chi connectivity index (χ2n) is 5.98. The number of hydrogen-bond donors (Lipinski definition) is 1. The van der Waals surface area contributed by atoms with Gasteiger partial charge in [0.05, 0.1) is 24.8 Å². The number of aryl methyl sites for hydroxylation is 1. The number of benzene rings is 1. The molecule has 2 rings (SSSR count). The molecule has 0 bridgehead atoms. The van der Waals surface area contributed by atoms with Crippen LogP contribution >= 0.6 is 15.9 Å². The van der Waals surface area contributed by atoms with E-state index in [0.29, 0.717) is 6.42 Å². The minimum Gasteiger partial charge on any atom is -0.496 e. The fourth-order valence-corrected chi connectivity index (χ4v) is 3.31. The first-order valence-electron chi connectivity index (χ1n) is 8.58. The lowest BCUT2D eigenvalue weighted by Gasteiger charge is -2.26. The van der Waals surface area contributed by atoms with Crippen molar-refractivity contribution in [3.8, 4) is 5.75 Å². The monoisotopic (exact) mass is 398 g/mol. The highest BCUT2D eigenvalue weighted by Gasteiger charge is 2.09. The molecule has 1 amide bonds. The summed E-state index contributed by atoms with van der Waals surface area (Å²) in [5, 5.41) is 3.01. The summed E-state index contributed by atoms with van der Waals surface area (Å²) in [7, 11) is 1.65. The SMILES string of the molecule is COc1ccc(CCC(=O)NCCCCN2CCOCC2)cc1Br. The molecule has 0 atom stereocenters. The summed E-state index contributed by atoms with van der Waals surface area (Å²) in [6.45, 7) is 5.61. The number of unbranched alkanes of at least 4 members (excludes halogenated alkanes) is 1. The predicted molar refractivity (Wildman–Crippen MR) is 98.5 cm³/mol. The summed E-state index contributed by atoms with van der Waals surface area (Å²) in [6, 6.07) is 5.93. The zero-order chi connectivity index (χ0) is 17.2. The van der Waals surface area contributed by atoms with Gasteiger partial charge in [0.25, 0.3) is 0 Å². The third-order valence-corrected chi connectivity index (χ3v) is 4.80. The van der Waals surface area contributed by atoms with Crippen molar-refractivity contribution in [1.82, 2.24) is 10.2 Å². The molecule has 1 fully saturated rings. The zero-order valence-electron chi connectivity index (χ0n) is 14.4. The van der Waals surface area contributed by atoms with Crippen LogP contribution in [0.5, 0.6) is 5.75 Å². The van der Waals surface area contributed by atoms with E-state index in [4.69, 9.17) is 9.47 Å². The number of nitrogens with one attached hydrogen (secondary N) is 1. The number of carbonyl (C=O) groups is 1. The summed E-state index contributed by atoms with van der Waals surface area (Å²) >= 11 is 3.47. The molecule has 0 saturated carbocycles. The molecule has 1 aromatic carbocycles. The Bertz CT molecular complexity index is 519. The smallest absolute Gasteiger partial charge is 0.220 e. The van der Waals surface area contributed by atoms with Crippen molar-refractivity contribution in [3.05, 3.63) is 28.2 Å². The molecule has 0 aliphatic carbocycles. The maximum Gasteiger partial charge on any atom is 0.220 e. The Kier molecular flexibility index (Phi) is 8.56. The largest absolute Gasteiger partial charge is 0.496 e. The van der Waals surface area contributed by atoms with E-state index in [0.717, 1.165) is 74.4 Å². The summed E-state index contributed by atoms with van der Waals surface area (Å²) in [4.78, 5) is 14.3. The summed E-state index contributed by atoms with van der Waals surface area (Å²) in [5.74, 6) is 0.928. The first-order chi connectivity index (χ1) is 11.7. The van der Waals surface area contributed by atoms with E-state index in [9.17, 15) is 4.79 Å². The van der Waals surface area contributed by atoms with Gasteiger partial charge in [0.15, 0.2) is 0 Å². The van der Waals surface area contributed by atoms with Crippen LogP contribution in [-0.4, -0.2) is 57.3 Å². The van der Waals surface area contributed by atoms with E-state index >= 15 is 0 Å². The maximum atomic E-state index is 11.9. The van der Waals surface area contributed by atoms with Crippen molar-refractivity contribution in [3.63, 3.8) is 0 Å². The molecule has 0 unspecified atom stereocenters. The van der Waals surface area contributed by atoms with Crippen molar-refractivity contribution in [1.29, 1.82) is 0 Å². The Morgan fingerprint density at radius 3 is 2.83 bits per heavy atom. The van der Waals surface area contributed by atoms with Crippen LogP contribution in [0.3, 0.4) is 0 Å². The van der Waals surface area contributed by atoms with Crippen LogP contribution in [0.2, 0.25) is 0 Å². The predicted octanol–water partition coefficient (Wildman–Crippen LogP) is 2.62. The second-order valence-corrected chi connectivity index (χ2v) is 6.83. The van der Waals surface area contributed by atoms with Crippen LogP contribution in [0.15, 0.2) is 22.7 Å². The molecule has 1 N–H and O–H groups in total. The lowest BCUT2D eigenvalue weighted by molar-refractivity contribution is -0.121. The van der Waals surface area contributed by atoms with Gasteiger partial charge in [-0.3, -0.25) is 9.69 Å². The van der Waals surface area contributed by atoms with Crippen LogP contribution in [0, 0.1) is 0 Å². The third-order valence-electron chi connectivity index (χ3n) is 4.18. The number of methoxy groups -OCH3 is 1. The van der Waals surface area contributed by atoms with E-state index in [1.807, 2.05) is 18.2 Å². The van der Waals surface area contributed by atoms with E-state index in [1.54, 1.807) is 7.11 Å². The second kappa shape index (κ2) is 10.7. The van der Waals surface area contributed by atoms with Crippen LogP contribution in [0.4, 0.5) is 0 Å². The molecule has 5 nitrogen and oxygen atoms in total. The molecule has 0 aromatic heterocycles. The Morgan fingerprint density at radius 1 is 1.33 bits per heavy atom. The highest BCUT2D eigenvalue weighted by molar-refractivity contribution is 9.10. The Balaban J connectivity index is 1.55. The zero-order valence-corrected chi connectivity index (χ0v) is 15.9. The standard InChI is InChI=1S/C18H27BrN2O3/c1-23-17-6-4-15(14-16(17)19)5-7-18(22)20-8-2-3-9-21-10-12-24-13-11-21/h4,6,14H,2-3,5,7-13H2,1H3,(H,20,22). The van der Waals surface area contributed by atoms with Gasteiger partial charge in [-0.2, -0.15) is 0 Å². The molecule has 24 heavy (non-hydrogen) atoms. The number of carbonyl (C=O) groups excluding carboxylic acids is 1. The van der Waals surface area contributed by atoms with E-state index in [2.05, 4.69) is 26.1 Å². The van der Waals surface area contributed by atoms with Crippen molar-refractivity contribution >= 4 is 21.8 Å². The number of nitrogens with zero attached hydrogens (tertiary/aromatic N) is 1. The molecule has 6 heteroatoms. The molecule has 1 aliphatic rings. The number of halogens is 1. The van der Waals surface area contributed by atoms with E-state index < -0.39 is 0 Å². The van der Waals surface area contributed by atoms with Crippen LogP contribution < -0.4 is 10.1 Å². The van der Waals surface area contributed by atoms with Gasteiger partial charge in [-0.25, -0.2) is 0 Å². The molecule has 0 spiro atoms. The first-order valence-corrected chi connectivity index (χ1v) is 9.37. The number of amides is 1. The Labute approximate surface area is 152 Å². The first kappa shape index (κ1) is 19.2. The van der Waals surface area contributed by atoms with Gasteiger partial charge in [0.2, 0.25) is 5.91 Å². The summed E-state index contributed by atoms with van der Waals surface area (Å²) in [5.41, 5.74) is 1.13. The quantitative estimate of drug-likeness (QED) is 0.649. The number of rotatable bonds is 9. The molecule has 1 aromatic rings. The van der Waals surface area contributed by atoms with Crippen molar-refractivity contribution < 1.29 is 14.3 Å². The summed E-state index contributed by atoms with van der Waals surface area (Å²) in [6.07, 6.45) is 3.40. The third kappa shape index (κ3) is 6.79. The maximum absolute atomic E-state index is 11.9. The van der Waals surface area contributed by atoms with Crippen LogP contribution in [0.1, 0.15) is 24.8 Å². The average molecular weight is 399 g/mol. The molecular weight excluding hydrogens is 372 g/mol. The molecule has 0 radical (unpaired) electrons. The fraction of sp³-hybridized carbons (Fsp3) is 0.611. The normalized spacial score (nSPS) is 15.2. The van der Waals surface area contributed by atoms with Crippen molar-refractivity contribution in [2.75, 3.05) is 46.5 Å². The van der Waals surface area contributed by atoms with Crippen LogP contribution in [-0.2, 0) is 16.0 Å². The fourth-order valence-electron chi connectivity index (χ4n) is 2.72. The van der Waals surface area contributed by atoms with E-state index in [1.165, 1.54) is 0 Å². The number of ether oxygens (including phenoxy) is 2. The molecular formula is C18H27BrN2O3. The van der Waals surface area contributed by atoms with Gasteiger partial charge in [-0.1, -0.05) is 6.07 Å². The van der Waals surface area contributed by atoms with E-state index in [-0.39, 0.29) is 5.91 Å². The molecule has 1 saturated heterocycles. The van der Waals surface area contributed by atoms with Crippen molar-refractivity contribution in [2.45, 2.75) is 25.7 Å². The minimum atomic E-state index is 0.119. The van der Waals surface area contributed by atoms with Gasteiger partial charge in [-0.05, 0) is 59.4 Å². The van der Waals surface area contributed by atoms with Gasteiger partial charge in [0.1, 0.15) is 5.75 Å². The van der Waals surface area contributed by atoms with Gasteiger partial charge in [-0.15, -0.1) is 0 Å². The Hall–Kier alpha value is -1.11. The topological polar surface area (TPSA) is 50.8 Å². The molecule has 1 heterocycles. The van der Waals surface area contributed by atoms with Crippen molar-refractivity contribution in [2.24, 2.45) is 0 Å². The van der Waals surface area contributed by atoms with Crippen LogP contribution in [0.25, 0.3) is 0 Å². The van der Waals surface area contributed by atoms with Gasteiger partial charge >= 0.3 is 0 Å². The van der Waals surface area contributed by atoms with Gasteiger partial charge < -0.3 is 14.8 Å².